The Hall–Kier alpha value is -0.900. The fourth-order valence-corrected chi connectivity index (χ4v) is 1.96. The Morgan fingerprint density at radius 2 is 2.00 bits per heavy atom. The van der Waals surface area contributed by atoms with Crippen LogP contribution in [0, 0.1) is 0 Å². The number of ether oxygens (including phenoxy) is 1. The summed E-state index contributed by atoms with van der Waals surface area (Å²) < 4.78 is 5.23. The highest BCUT2D eigenvalue weighted by atomic mass is 16.5. The van der Waals surface area contributed by atoms with Gasteiger partial charge in [0.2, 0.25) is 0 Å². The molecule has 1 aromatic carbocycles. The predicted octanol–water partition coefficient (Wildman–Crippen LogP) is 1.18. The fraction of sp³-hybridized carbons (Fsp3) is 0.500. The van der Waals surface area contributed by atoms with E-state index in [-0.39, 0.29) is 6.61 Å². The van der Waals surface area contributed by atoms with Gasteiger partial charge in [-0.3, -0.25) is 0 Å². The maximum atomic E-state index is 10.4. The molecule has 0 aromatic heterocycles. The number of hydrogen-bond donors (Lipinski definition) is 2. The molecule has 1 aliphatic heterocycles. The van der Waals surface area contributed by atoms with Gasteiger partial charge in [0.05, 0.1) is 12.2 Å². The molecule has 82 valence electrons. The largest absolute Gasteiger partial charge is 0.392 e. The Labute approximate surface area is 89.3 Å². The maximum absolute atomic E-state index is 10.4. The Balaban J connectivity index is 2.26. The second kappa shape index (κ2) is 4.31. The van der Waals surface area contributed by atoms with Crippen LogP contribution in [-0.4, -0.2) is 23.4 Å². The molecule has 0 amide bonds. The van der Waals surface area contributed by atoms with Crippen LogP contribution in [0.25, 0.3) is 0 Å². The topological polar surface area (TPSA) is 49.7 Å². The van der Waals surface area contributed by atoms with Gasteiger partial charge in [-0.15, -0.1) is 0 Å². The van der Waals surface area contributed by atoms with Crippen LogP contribution in [0.4, 0.5) is 0 Å². The van der Waals surface area contributed by atoms with E-state index < -0.39 is 5.60 Å². The van der Waals surface area contributed by atoms with Crippen molar-refractivity contribution in [2.24, 2.45) is 0 Å². The molecule has 0 radical (unpaired) electrons. The van der Waals surface area contributed by atoms with Crippen molar-refractivity contribution in [1.29, 1.82) is 0 Å². The van der Waals surface area contributed by atoms with E-state index in [1.54, 1.807) is 0 Å². The normalized spacial score (nSPS) is 20.1. The molecule has 0 spiro atoms. The second-order valence-corrected chi connectivity index (χ2v) is 4.00. The Bertz CT molecular complexity index is 329. The summed E-state index contributed by atoms with van der Waals surface area (Å²) in [6.07, 6.45) is 1.25. The minimum absolute atomic E-state index is 0.0143. The van der Waals surface area contributed by atoms with Crippen molar-refractivity contribution in [3.05, 3.63) is 35.4 Å². The molecule has 1 saturated heterocycles. The summed E-state index contributed by atoms with van der Waals surface area (Å²) in [5.41, 5.74) is 0.952. The molecule has 0 unspecified atom stereocenters. The fourth-order valence-electron chi connectivity index (χ4n) is 1.96. The molecule has 2 N–H and O–H groups in total. The van der Waals surface area contributed by atoms with Gasteiger partial charge >= 0.3 is 0 Å². The van der Waals surface area contributed by atoms with Crippen LogP contribution in [0.5, 0.6) is 0 Å². The van der Waals surface area contributed by atoms with Gasteiger partial charge in [0.1, 0.15) is 0 Å². The minimum Gasteiger partial charge on any atom is -0.392 e. The molecule has 1 aromatic rings. The first kappa shape index (κ1) is 10.6. The third-order valence-corrected chi connectivity index (χ3v) is 2.97. The molecule has 0 bridgehead atoms. The lowest BCUT2D eigenvalue weighted by molar-refractivity contribution is -0.0679. The second-order valence-electron chi connectivity index (χ2n) is 4.00. The zero-order valence-electron chi connectivity index (χ0n) is 8.65. The highest BCUT2D eigenvalue weighted by Gasteiger charge is 2.31. The summed E-state index contributed by atoms with van der Waals surface area (Å²) in [4.78, 5) is 0. The monoisotopic (exact) mass is 208 g/mol. The average Bonchev–Trinajstić information content (AvgIpc) is 2.30. The van der Waals surface area contributed by atoms with Crippen molar-refractivity contribution in [1.82, 2.24) is 0 Å². The molecule has 15 heavy (non-hydrogen) atoms. The smallest absolute Gasteiger partial charge is 0.0940 e. The van der Waals surface area contributed by atoms with Crippen LogP contribution >= 0.6 is 0 Å². The van der Waals surface area contributed by atoms with E-state index in [9.17, 15) is 5.11 Å². The van der Waals surface area contributed by atoms with Gasteiger partial charge in [-0.1, -0.05) is 24.3 Å². The molecule has 1 heterocycles. The van der Waals surface area contributed by atoms with Crippen molar-refractivity contribution in [2.75, 3.05) is 13.2 Å². The average molecular weight is 208 g/mol. The van der Waals surface area contributed by atoms with Crippen LogP contribution in [0.2, 0.25) is 0 Å². The summed E-state index contributed by atoms with van der Waals surface area (Å²) in [7, 11) is 0. The molecule has 1 fully saturated rings. The van der Waals surface area contributed by atoms with Crippen molar-refractivity contribution in [2.45, 2.75) is 25.0 Å². The third-order valence-electron chi connectivity index (χ3n) is 2.97. The highest BCUT2D eigenvalue weighted by Crippen LogP contribution is 2.32. The third kappa shape index (κ3) is 2.20. The number of aliphatic hydroxyl groups excluding tert-OH is 1. The van der Waals surface area contributed by atoms with E-state index in [0.717, 1.165) is 11.1 Å². The first-order valence-electron chi connectivity index (χ1n) is 5.25. The van der Waals surface area contributed by atoms with Crippen molar-refractivity contribution < 1.29 is 14.9 Å². The van der Waals surface area contributed by atoms with E-state index in [2.05, 4.69) is 0 Å². The molecular weight excluding hydrogens is 192 g/mol. The molecule has 1 aliphatic rings. The predicted molar refractivity (Wildman–Crippen MR) is 56.3 cm³/mol. The maximum Gasteiger partial charge on any atom is 0.0940 e. The molecule has 3 heteroatoms. The lowest BCUT2D eigenvalue weighted by Crippen LogP contribution is -2.33. The van der Waals surface area contributed by atoms with E-state index in [4.69, 9.17) is 9.84 Å². The van der Waals surface area contributed by atoms with Gasteiger partial charge in [-0.05, 0) is 11.1 Å². The van der Waals surface area contributed by atoms with E-state index in [1.165, 1.54) is 0 Å². The summed E-state index contributed by atoms with van der Waals surface area (Å²) in [5, 5.41) is 19.4. The molecule has 0 atom stereocenters. The van der Waals surface area contributed by atoms with E-state index >= 15 is 0 Å². The van der Waals surface area contributed by atoms with Crippen LogP contribution in [0.15, 0.2) is 24.3 Å². The quantitative estimate of drug-likeness (QED) is 0.767. The number of benzene rings is 1. The Kier molecular flexibility index (Phi) is 3.05. The minimum atomic E-state index is -0.774. The molecule has 0 saturated carbocycles. The van der Waals surface area contributed by atoms with Gasteiger partial charge < -0.3 is 14.9 Å². The summed E-state index contributed by atoms with van der Waals surface area (Å²) in [5.74, 6) is 0. The Morgan fingerprint density at radius 1 is 1.27 bits per heavy atom. The molecule has 0 aliphatic carbocycles. The Morgan fingerprint density at radius 3 is 2.67 bits per heavy atom. The zero-order chi connectivity index (χ0) is 10.7. The number of rotatable bonds is 2. The lowest BCUT2D eigenvalue weighted by atomic mass is 9.86. The number of aliphatic hydroxyl groups is 2. The van der Waals surface area contributed by atoms with Gasteiger partial charge in [0.15, 0.2) is 0 Å². The van der Waals surface area contributed by atoms with Crippen molar-refractivity contribution >= 4 is 0 Å². The molecule has 2 rings (SSSR count). The first-order chi connectivity index (χ1) is 7.24. The van der Waals surface area contributed by atoms with Crippen LogP contribution in [0.3, 0.4) is 0 Å². The van der Waals surface area contributed by atoms with Gasteiger partial charge in [0.25, 0.3) is 0 Å². The number of hydrogen-bond acceptors (Lipinski definition) is 3. The SMILES string of the molecule is OCc1cccc(C2(O)CCOCC2)c1. The highest BCUT2D eigenvalue weighted by molar-refractivity contribution is 5.28. The van der Waals surface area contributed by atoms with E-state index in [1.807, 2.05) is 24.3 Å². The van der Waals surface area contributed by atoms with Gasteiger partial charge in [-0.2, -0.15) is 0 Å². The van der Waals surface area contributed by atoms with Crippen LogP contribution < -0.4 is 0 Å². The van der Waals surface area contributed by atoms with Gasteiger partial charge in [-0.25, -0.2) is 0 Å². The summed E-state index contributed by atoms with van der Waals surface area (Å²) >= 11 is 0. The summed E-state index contributed by atoms with van der Waals surface area (Å²) in [6.45, 7) is 1.21. The first-order valence-corrected chi connectivity index (χ1v) is 5.25. The van der Waals surface area contributed by atoms with Crippen LogP contribution in [-0.2, 0) is 16.9 Å². The van der Waals surface area contributed by atoms with Crippen molar-refractivity contribution in [3.63, 3.8) is 0 Å². The molecule has 3 nitrogen and oxygen atoms in total. The van der Waals surface area contributed by atoms with Gasteiger partial charge in [0, 0.05) is 26.1 Å². The van der Waals surface area contributed by atoms with Crippen LogP contribution in [0.1, 0.15) is 24.0 Å². The molecular formula is C12H16O3. The summed E-state index contributed by atoms with van der Waals surface area (Å²) in [6, 6.07) is 7.50. The van der Waals surface area contributed by atoms with E-state index in [0.29, 0.717) is 26.1 Å². The van der Waals surface area contributed by atoms with Crippen molar-refractivity contribution in [3.8, 4) is 0 Å². The zero-order valence-corrected chi connectivity index (χ0v) is 8.65. The lowest BCUT2D eigenvalue weighted by Gasteiger charge is -2.32. The standard InChI is InChI=1S/C12H16O3/c13-9-10-2-1-3-11(8-10)12(14)4-6-15-7-5-12/h1-3,8,13-14H,4-7,9H2.